The molecule has 1 saturated heterocycles. The number of nitrogens with zero attached hydrogens (tertiary/aromatic N) is 3. The van der Waals surface area contributed by atoms with E-state index in [2.05, 4.69) is 31.9 Å². The Morgan fingerprint density at radius 1 is 1.40 bits per heavy atom. The van der Waals surface area contributed by atoms with Crippen molar-refractivity contribution in [3.05, 3.63) is 11.6 Å². The number of aromatic amines is 1. The number of likely N-dealkylation sites (tertiary alicyclic amines) is 1. The topological polar surface area (TPSA) is 54.0 Å². The summed E-state index contributed by atoms with van der Waals surface area (Å²) in [6.07, 6.45) is 2.73. The van der Waals surface area contributed by atoms with Gasteiger partial charge in [-0.15, -0.1) is 5.92 Å². The number of hydrogen-bond donors (Lipinski definition) is 1. The van der Waals surface area contributed by atoms with E-state index >= 15 is 0 Å². The van der Waals surface area contributed by atoms with E-state index in [1.54, 1.807) is 7.11 Å². The average Bonchev–Trinajstić information content (AvgIpc) is 3.04. The maximum absolute atomic E-state index is 5.10. The van der Waals surface area contributed by atoms with Gasteiger partial charge in [-0.2, -0.15) is 5.10 Å². The van der Waals surface area contributed by atoms with Crippen molar-refractivity contribution >= 4 is 0 Å². The lowest BCUT2D eigenvalue weighted by Crippen LogP contribution is -2.21. The van der Waals surface area contributed by atoms with Crippen LogP contribution < -0.4 is 0 Å². The molecule has 0 spiro atoms. The van der Waals surface area contributed by atoms with Crippen LogP contribution in [0.2, 0.25) is 0 Å². The molecule has 0 radical (unpaired) electrons. The molecular weight excluding hydrogens is 252 g/mol. The van der Waals surface area contributed by atoms with Crippen molar-refractivity contribution < 1.29 is 4.74 Å². The summed E-state index contributed by atoms with van der Waals surface area (Å²) in [5.74, 6) is 9.95. The quantitative estimate of drug-likeness (QED) is 0.825. The molecule has 2 fully saturated rings. The fraction of sp³-hybridized carbons (Fsp3) is 0.733. The first-order chi connectivity index (χ1) is 9.81. The molecule has 2 atom stereocenters. The van der Waals surface area contributed by atoms with Crippen molar-refractivity contribution in [1.82, 2.24) is 20.1 Å². The van der Waals surface area contributed by atoms with Gasteiger partial charge in [-0.05, 0) is 31.6 Å². The fourth-order valence-electron chi connectivity index (χ4n) is 3.19. The van der Waals surface area contributed by atoms with Crippen LogP contribution in [0.1, 0.15) is 37.3 Å². The molecule has 5 nitrogen and oxygen atoms in total. The van der Waals surface area contributed by atoms with Crippen molar-refractivity contribution in [2.75, 3.05) is 26.7 Å². The summed E-state index contributed by atoms with van der Waals surface area (Å²) in [7, 11) is 1.68. The third kappa shape index (κ3) is 2.87. The van der Waals surface area contributed by atoms with Crippen LogP contribution in [-0.4, -0.2) is 46.8 Å². The molecule has 2 aliphatic rings. The van der Waals surface area contributed by atoms with Crippen LogP contribution in [0.25, 0.3) is 0 Å². The molecule has 1 aliphatic heterocycles. The lowest BCUT2D eigenvalue weighted by atomic mass is 9.91. The number of rotatable bonds is 5. The Morgan fingerprint density at radius 3 is 2.95 bits per heavy atom. The van der Waals surface area contributed by atoms with E-state index in [-0.39, 0.29) is 0 Å². The number of ether oxygens (including phenoxy) is 1. The Kier molecular flexibility index (Phi) is 4.04. The number of methoxy groups -OCH3 is 1. The zero-order valence-electron chi connectivity index (χ0n) is 12.2. The summed E-state index contributed by atoms with van der Waals surface area (Å²) >= 11 is 0. The Balaban J connectivity index is 1.72. The third-order valence-corrected chi connectivity index (χ3v) is 4.31. The Morgan fingerprint density at radius 2 is 2.25 bits per heavy atom. The van der Waals surface area contributed by atoms with Crippen molar-refractivity contribution in [2.45, 2.75) is 32.3 Å². The molecule has 2 heterocycles. The minimum Gasteiger partial charge on any atom is -0.377 e. The Bertz CT molecular complexity index is 511. The Hall–Kier alpha value is -1.38. The molecule has 0 amide bonds. The second kappa shape index (κ2) is 5.94. The lowest BCUT2D eigenvalue weighted by Gasteiger charge is -2.13. The molecule has 1 aliphatic carbocycles. The maximum atomic E-state index is 5.10. The third-order valence-electron chi connectivity index (χ3n) is 4.31. The van der Waals surface area contributed by atoms with Crippen molar-refractivity contribution in [3.8, 4) is 11.8 Å². The molecule has 1 aromatic heterocycles. The highest BCUT2D eigenvalue weighted by atomic mass is 16.5. The summed E-state index contributed by atoms with van der Waals surface area (Å²) in [6.45, 7) is 5.43. The summed E-state index contributed by atoms with van der Waals surface area (Å²) in [5.41, 5.74) is 0. The first kappa shape index (κ1) is 13.6. The molecule has 1 saturated carbocycles. The monoisotopic (exact) mass is 274 g/mol. The minimum absolute atomic E-state index is 0.447. The molecule has 0 unspecified atom stereocenters. The van der Waals surface area contributed by atoms with E-state index < -0.39 is 0 Å². The minimum atomic E-state index is 0.447. The van der Waals surface area contributed by atoms with Crippen LogP contribution in [0.15, 0.2) is 0 Å². The van der Waals surface area contributed by atoms with Gasteiger partial charge in [0, 0.05) is 26.1 Å². The van der Waals surface area contributed by atoms with Gasteiger partial charge in [-0.1, -0.05) is 5.92 Å². The van der Waals surface area contributed by atoms with E-state index in [0.29, 0.717) is 18.4 Å². The molecule has 1 aromatic rings. The van der Waals surface area contributed by atoms with Crippen LogP contribution >= 0.6 is 0 Å². The Labute approximate surface area is 120 Å². The van der Waals surface area contributed by atoms with E-state index in [1.807, 2.05) is 6.92 Å². The SMILES string of the molecule is CC#CCN1C[C@H](c2n[nH]c(COC)n2)[C@@H](C2CC2)C1. The van der Waals surface area contributed by atoms with E-state index in [9.17, 15) is 0 Å². The second-order valence-corrected chi connectivity index (χ2v) is 5.80. The van der Waals surface area contributed by atoms with Crippen molar-refractivity contribution in [3.63, 3.8) is 0 Å². The first-order valence-corrected chi connectivity index (χ1v) is 7.34. The smallest absolute Gasteiger partial charge is 0.155 e. The highest BCUT2D eigenvalue weighted by Gasteiger charge is 2.44. The van der Waals surface area contributed by atoms with Crippen LogP contribution in [-0.2, 0) is 11.3 Å². The van der Waals surface area contributed by atoms with Gasteiger partial charge < -0.3 is 4.74 Å². The van der Waals surface area contributed by atoms with Gasteiger partial charge in [0.2, 0.25) is 0 Å². The molecule has 1 N–H and O–H groups in total. The highest BCUT2D eigenvalue weighted by Crippen LogP contribution is 2.46. The zero-order valence-corrected chi connectivity index (χ0v) is 12.2. The van der Waals surface area contributed by atoms with Crippen LogP contribution in [0.5, 0.6) is 0 Å². The normalized spacial score (nSPS) is 26.5. The second-order valence-electron chi connectivity index (χ2n) is 5.80. The molecule has 0 bridgehead atoms. The summed E-state index contributed by atoms with van der Waals surface area (Å²) < 4.78 is 5.10. The molecule has 108 valence electrons. The standard InChI is InChI=1S/C15H22N4O/c1-3-4-7-19-8-12(11-5-6-11)13(9-19)15-16-14(10-20-2)17-18-15/h11-13H,5-10H2,1-2H3,(H,16,17,18)/t12-,13+/m1/s1. The number of nitrogens with one attached hydrogen (secondary N) is 1. The first-order valence-electron chi connectivity index (χ1n) is 7.34. The van der Waals surface area contributed by atoms with E-state index in [1.165, 1.54) is 12.8 Å². The van der Waals surface area contributed by atoms with Crippen molar-refractivity contribution in [2.24, 2.45) is 11.8 Å². The van der Waals surface area contributed by atoms with Crippen LogP contribution in [0.4, 0.5) is 0 Å². The van der Waals surface area contributed by atoms with E-state index in [0.717, 1.165) is 37.2 Å². The predicted octanol–water partition coefficient (Wildman–Crippen LogP) is 1.40. The van der Waals surface area contributed by atoms with Gasteiger partial charge in [-0.3, -0.25) is 10.00 Å². The van der Waals surface area contributed by atoms with Gasteiger partial charge in [0.25, 0.3) is 0 Å². The van der Waals surface area contributed by atoms with Gasteiger partial charge >= 0.3 is 0 Å². The highest BCUT2D eigenvalue weighted by molar-refractivity contribution is 5.10. The lowest BCUT2D eigenvalue weighted by molar-refractivity contribution is 0.178. The largest absolute Gasteiger partial charge is 0.377 e. The molecular formula is C15H22N4O. The predicted molar refractivity (Wildman–Crippen MR) is 75.9 cm³/mol. The van der Waals surface area contributed by atoms with Crippen molar-refractivity contribution in [1.29, 1.82) is 0 Å². The molecule has 5 heteroatoms. The zero-order chi connectivity index (χ0) is 13.9. The molecule has 3 rings (SSSR count). The summed E-state index contributed by atoms with van der Waals surface area (Å²) in [5, 5.41) is 7.40. The number of hydrogen-bond acceptors (Lipinski definition) is 4. The molecule has 0 aromatic carbocycles. The number of H-pyrrole nitrogens is 1. The molecule has 20 heavy (non-hydrogen) atoms. The van der Waals surface area contributed by atoms with Crippen LogP contribution in [0.3, 0.4) is 0 Å². The number of aromatic nitrogens is 3. The van der Waals surface area contributed by atoms with Crippen LogP contribution in [0, 0.1) is 23.7 Å². The van der Waals surface area contributed by atoms with Gasteiger partial charge in [0.15, 0.2) is 11.6 Å². The summed E-state index contributed by atoms with van der Waals surface area (Å²) in [6, 6.07) is 0. The summed E-state index contributed by atoms with van der Waals surface area (Å²) in [4.78, 5) is 7.04. The van der Waals surface area contributed by atoms with Gasteiger partial charge in [0.1, 0.15) is 6.61 Å². The maximum Gasteiger partial charge on any atom is 0.155 e. The van der Waals surface area contributed by atoms with Gasteiger partial charge in [0.05, 0.1) is 6.54 Å². The fourth-order valence-corrected chi connectivity index (χ4v) is 3.19. The van der Waals surface area contributed by atoms with E-state index in [4.69, 9.17) is 4.74 Å². The average molecular weight is 274 g/mol. The van der Waals surface area contributed by atoms with Gasteiger partial charge in [-0.25, -0.2) is 4.98 Å².